The number of hydrogen-bond acceptors (Lipinski definition) is 7. The number of nitriles is 1. The second-order valence-electron chi connectivity index (χ2n) is 8.51. The highest BCUT2D eigenvalue weighted by Gasteiger charge is 2.22. The number of amidine groups is 1. The molecule has 1 aromatic rings. The molecule has 1 aromatic carbocycles. The molecule has 1 heterocycles. The van der Waals surface area contributed by atoms with Crippen LogP contribution < -0.4 is 5.32 Å². The van der Waals surface area contributed by atoms with Crippen LogP contribution in [0.3, 0.4) is 0 Å². The minimum absolute atomic E-state index is 0.299. The molecule has 2 unspecified atom stereocenters. The highest BCUT2D eigenvalue weighted by molar-refractivity contribution is 7.97. The van der Waals surface area contributed by atoms with E-state index in [9.17, 15) is 0 Å². The Morgan fingerprint density at radius 3 is 2.62 bits per heavy atom. The van der Waals surface area contributed by atoms with Crippen LogP contribution >= 0.6 is 11.9 Å². The van der Waals surface area contributed by atoms with E-state index < -0.39 is 0 Å². The fourth-order valence-electron chi connectivity index (χ4n) is 3.75. The zero-order valence-electron chi connectivity index (χ0n) is 20.3. The van der Waals surface area contributed by atoms with Crippen LogP contribution in [0, 0.1) is 11.3 Å². The van der Waals surface area contributed by atoms with Crippen molar-refractivity contribution in [3.63, 3.8) is 0 Å². The first-order valence-electron chi connectivity index (χ1n) is 12.0. The van der Waals surface area contributed by atoms with Crippen LogP contribution in [0.25, 0.3) is 0 Å². The summed E-state index contributed by atoms with van der Waals surface area (Å²) in [6.07, 6.45) is 10.1. The van der Waals surface area contributed by atoms with E-state index in [-0.39, 0.29) is 0 Å². The summed E-state index contributed by atoms with van der Waals surface area (Å²) in [7, 11) is 0. The van der Waals surface area contributed by atoms with Crippen molar-refractivity contribution in [3.8, 4) is 6.07 Å². The molecule has 1 N–H and O–H groups in total. The van der Waals surface area contributed by atoms with Gasteiger partial charge in [-0.1, -0.05) is 31.0 Å². The lowest BCUT2D eigenvalue weighted by atomic mass is 10.1. The van der Waals surface area contributed by atoms with E-state index in [0.717, 1.165) is 62.8 Å². The van der Waals surface area contributed by atoms with E-state index in [1.54, 1.807) is 12.1 Å². The molecule has 0 saturated carbocycles. The standard InChI is InChI=1S/C26H36N6OS/c1-4-17-33-24-9-11-25(12-10-24)34-32-15-13-31(14-16-32)20-29-26(18-21(2)28-3)30-23-7-5-22(19-27)6-8-23/h5-9,11,18,24-25H,3-4,10,12-17,20H2,1-2H3,(H,29,30)/b21-18-. The first-order chi connectivity index (χ1) is 16.6. The van der Waals surface area contributed by atoms with Crippen molar-refractivity contribution in [1.29, 1.82) is 5.26 Å². The molecule has 1 aliphatic heterocycles. The lowest BCUT2D eigenvalue weighted by molar-refractivity contribution is 0.0761. The molecular formula is C26H36N6OS. The lowest BCUT2D eigenvalue weighted by Crippen LogP contribution is -2.44. The number of rotatable bonds is 10. The highest BCUT2D eigenvalue weighted by atomic mass is 32.2. The molecule has 182 valence electrons. The summed E-state index contributed by atoms with van der Waals surface area (Å²) in [5.74, 6) is 0.735. The van der Waals surface area contributed by atoms with E-state index in [0.29, 0.717) is 23.6 Å². The number of piperazine rings is 1. The highest BCUT2D eigenvalue weighted by Crippen LogP contribution is 2.28. The van der Waals surface area contributed by atoms with Crippen LogP contribution in [-0.2, 0) is 4.74 Å². The Bertz CT molecular complexity index is 912. The summed E-state index contributed by atoms with van der Waals surface area (Å²) >= 11 is 1.97. The molecule has 0 spiro atoms. The van der Waals surface area contributed by atoms with Crippen molar-refractivity contribution in [1.82, 2.24) is 9.21 Å². The maximum absolute atomic E-state index is 9.00. The second kappa shape index (κ2) is 14.1. The van der Waals surface area contributed by atoms with Crippen molar-refractivity contribution in [2.24, 2.45) is 9.98 Å². The summed E-state index contributed by atoms with van der Waals surface area (Å²) in [4.78, 5) is 11.2. The lowest BCUT2D eigenvalue weighted by Gasteiger charge is -2.35. The van der Waals surface area contributed by atoms with Gasteiger partial charge in [0.15, 0.2) is 0 Å². The second-order valence-corrected chi connectivity index (χ2v) is 9.84. The summed E-state index contributed by atoms with van der Waals surface area (Å²) in [5.41, 5.74) is 2.31. The Balaban J connectivity index is 1.48. The number of allylic oxidation sites excluding steroid dienone is 1. The Morgan fingerprint density at radius 1 is 1.24 bits per heavy atom. The number of benzene rings is 1. The van der Waals surface area contributed by atoms with Gasteiger partial charge in [0.25, 0.3) is 0 Å². The molecule has 0 radical (unpaired) electrons. The van der Waals surface area contributed by atoms with E-state index in [1.165, 1.54) is 6.42 Å². The Hall–Kier alpha value is -2.44. The molecule has 34 heavy (non-hydrogen) atoms. The van der Waals surface area contributed by atoms with Gasteiger partial charge in [0, 0.05) is 55.5 Å². The van der Waals surface area contributed by atoms with Crippen molar-refractivity contribution >= 4 is 30.2 Å². The maximum atomic E-state index is 9.00. The SMILES string of the molecule is C=N/C(C)=C\C(=NCN1CCN(SC2C=CC(OCCC)CC2)CC1)Nc1ccc(C#N)cc1. The number of nitrogens with one attached hydrogen (secondary N) is 1. The fraction of sp³-hybridized carbons (Fsp3) is 0.500. The Labute approximate surface area is 208 Å². The quantitative estimate of drug-likeness (QED) is 0.226. The normalized spacial score (nSPS) is 22.4. The average molecular weight is 481 g/mol. The van der Waals surface area contributed by atoms with Crippen molar-refractivity contribution in [2.45, 2.75) is 44.5 Å². The third kappa shape index (κ3) is 8.73. The number of nitrogens with zero attached hydrogens (tertiary/aromatic N) is 5. The fourth-order valence-corrected chi connectivity index (χ4v) is 4.91. The van der Waals surface area contributed by atoms with Gasteiger partial charge in [0.1, 0.15) is 5.84 Å². The van der Waals surface area contributed by atoms with E-state index in [1.807, 2.05) is 37.1 Å². The average Bonchev–Trinajstić information content (AvgIpc) is 2.88. The van der Waals surface area contributed by atoms with Crippen LogP contribution in [0.4, 0.5) is 5.69 Å². The Kier molecular flexibility index (Phi) is 10.8. The van der Waals surface area contributed by atoms with Crippen molar-refractivity contribution < 1.29 is 4.74 Å². The number of aliphatic imine (C=N–C) groups is 2. The first-order valence-corrected chi connectivity index (χ1v) is 12.8. The molecule has 0 aromatic heterocycles. The molecule has 2 aliphatic rings. The molecule has 7 nitrogen and oxygen atoms in total. The van der Waals surface area contributed by atoms with Gasteiger partial charge in [-0.25, -0.2) is 4.31 Å². The van der Waals surface area contributed by atoms with Gasteiger partial charge in [-0.2, -0.15) is 5.26 Å². The third-order valence-corrected chi connectivity index (χ3v) is 7.08. The molecule has 0 amide bonds. The van der Waals surface area contributed by atoms with Gasteiger partial charge in [-0.3, -0.25) is 14.9 Å². The minimum atomic E-state index is 0.299. The predicted molar refractivity (Wildman–Crippen MR) is 143 cm³/mol. The van der Waals surface area contributed by atoms with Gasteiger partial charge >= 0.3 is 0 Å². The first kappa shape index (κ1) is 26.2. The number of anilines is 1. The van der Waals surface area contributed by atoms with Gasteiger partial charge in [0.05, 0.1) is 24.4 Å². The van der Waals surface area contributed by atoms with E-state index in [2.05, 4.69) is 51.4 Å². The summed E-state index contributed by atoms with van der Waals surface area (Å²) in [6.45, 7) is 13.2. The zero-order chi connectivity index (χ0) is 24.2. The Morgan fingerprint density at radius 2 is 2.00 bits per heavy atom. The summed E-state index contributed by atoms with van der Waals surface area (Å²) in [5, 5.41) is 12.9. The van der Waals surface area contributed by atoms with Gasteiger partial charge in [-0.15, -0.1) is 0 Å². The summed E-state index contributed by atoms with van der Waals surface area (Å²) in [6, 6.07) is 9.48. The topological polar surface area (TPSA) is 76.2 Å². The smallest absolute Gasteiger partial charge is 0.128 e. The van der Waals surface area contributed by atoms with Crippen LogP contribution in [0.2, 0.25) is 0 Å². The number of ether oxygens (including phenoxy) is 1. The van der Waals surface area contributed by atoms with E-state index in [4.69, 9.17) is 15.0 Å². The van der Waals surface area contributed by atoms with Gasteiger partial charge in [0.2, 0.25) is 0 Å². The van der Waals surface area contributed by atoms with Gasteiger partial charge in [-0.05, 0) is 57.2 Å². The molecule has 3 rings (SSSR count). The molecular weight excluding hydrogens is 444 g/mol. The molecule has 0 bridgehead atoms. The molecule has 2 atom stereocenters. The maximum Gasteiger partial charge on any atom is 0.128 e. The predicted octanol–water partition coefficient (Wildman–Crippen LogP) is 4.71. The zero-order valence-corrected chi connectivity index (χ0v) is 21.1. The molecule has 1 aliphatic carbocycles. The molecule has 1 saturated heterocycles. The third-order valence-electron chi connectivity index (χ3n) is 5.75. The minimum Gasteiger partial charge on any atom is -0.374 e. The van der Waals surface area contributed by atoms with Gasteiger partial charge < -0.3 is 10.1 Å². The van der Waals surface area contributed by atoms with Crippen LogP contribution in [0.5, 0.6) is 0 Å². The monoisotopic (exact) mass is 480 g/mol. The summed E-state index contributed by atoms with van der Waals surface area (Å²) < 4.78 is 8.34. The van der Waals surface area contributed by atoms with Crippen LogP contribution in [0.1, 0.15) is 38.7 Å². The largest absolute Gasteiger partial charge is 0.374 e. The van der Waals surface area contributed by atoms with E-state index >= 15 is 0 Å². The molecule has 1 fully saturated rings. The van der Waals surface area contributed by atoms with Crippen LogP contribution in [-0.4, -0.2) is 72.6 Å². The van der Waals surface area contributed by atoms with Crippen LogP contribution in [0.15, 0.2) is 58.2 Å². The van der Waals surface area contributed by atoms with Crippen molar-refractivity contribution in [3.05, 3.63) is 53.8 Å². The van der Waals surface area contributed by atoms with Crippen molar-refractivity contribution in [2.75, 3.05) is 44.8 Å². The molecule has 8 heteroatoms. The number of hydrogen-bond donors (Lipinski definition) is 1.